The molecular weight excluding hydrogens is 603 g/mol. The molecule has 4 rings (SSSR count). The van der Waals surface area contributed by atoms with Gasteiger partial charge in [0.25, 0.3) is 0 Å². The minimum atomic E-state index is -0.566. The highest BCUT2D eigenvalue weighted by atomic mass is 127. The van der Waals surface area contributed by atoms with Crippen molar-refractivity contribution in [2.45, 2.75) is 25.2 Å². The molecule has 2 amide bonds. The highest BCUT2D eigenvalue weighted by Crippen LogP contribution is 2.34. The fourth-order valence-corrected chi connectivity index (χ4v) is 5.22. The lowest BCUT2D eigenvalue weighted by Gasteiger charge is -2.14. The molecule has 2 N–H and O–H groups in total. The molecule has 190 valence electrons. The van der Waals surface area contributed by atoms with Crippen molar-refractivity contribution in [1.29, 1.82) is 0 Å². The average molecular weight is 628 g/mol. The van der Waals surface area contributed by atoms with E-state index in [1.54, 1.807) is 25.5 Å². The number of para-hydroxylation sites is 1. The lowest BCUT2D eigenvalue weighted by atomic mass is 10.1. The maximum atomic E-state index is 12.3. The molecule has 1 aliphatic rings. The van der Waals surface area contributed by atoms with Gasteiger partial charge < -0.3 is 20.1 Å². The molecule has 10 heteroatoms. The van der Waals surface area contributed by atoms with Crippen LogP contribution in [0.4, 0.5) is 5.69 Å². The van der Waals surface area contributed by atoms with Crippen LogP contribution in [0.15, 0.2) is 76.9 Å². The first-order valence-corrected chi connectivity index (χ1v) is 13.4. The number of halogens is 1. The molecule has 1 fully saturated rings. The Morgan fingerprint density at radius 3 is 2.68 bits per heavy atom. The molecular formula is C27H25IN4O4S. The van der Waals surface area contributed by atoms with Crippen molar-refractivity contribution in [2.75, 3.05) is 12.4 Å². The van der Waals surface area contributed by atoms with Gasteiger partial charge in [-0.3, -0.25) is 9.59 Å². The van der Waals surface area contributed by atoms with Gasteiger partial charge in [0.1, 0.15) is 11.9 Å². The van der Waals surface area contributed by atoms with Crippen molar-refractivity contribution in [3.63, 3.8) is 0 Å². The fourth-order valence-electron chi connectivity index (χ4n) is 3.51. The first kappa shape index (κ1) is 26.7. The third-order valence-electron chi connectivity index (χ3n) is 5.45. The highest BCUT2D eigenvalue weighted by Gasteiger charge is 2.32. The van der Waals surface area contributed by atoms with Crippen LogP contribution in [0.5, 0.6) is 11.5 Å². The molecule has 0 spiro atoms. The van der Waals surface area contributed by atoms with E-state index in [1.807, 2.05) is 48.5 Å². The summed E-state index contributed by atoms with van der Waals surface area (Å²) in [6, 6.07) is 20.9. The summed E-state index contributed by atoms with van der Waals surface area (Å²) >= 11 is 3.38. The summed E-state index contributed by atoms with van der Waals surface area (Å²) in [6.45, 7) is 2.48. The first-order chi connectivity index (χ1) is 17.9. The lowest BCUT2D eigenvalue weighted by Crippen LogP contribution is -2.28. The predicted octanol–water partition coefficient (Wildman–Crippen LogP) is 5.14. The van der Waals surface area contributed by atoms with Crippen LogP contribution >= 0.6 is 34.4 Å². The molecule has 8 nitrogen and oxygen atoms in total. The molecule has 1 aliphatic heterocycles. The van der Waals surface area contributed by atoms with Gasteiger partial charge in [0.2, 0.25) is 11.8 Å². The number of nitrogens with zero attached hydrogens (tertiary/aromatic N) is 2. The van der Waals surface area contributed by atoms with Crippen molar-refractivity contribution in [3.8, 4) is 11.5 Å². The van der Waals surface area contributed by atoms with E-state index < -0.39 is 5.25 Å². The minimum absolute atomic E-state index is 0.0352. The zero-order valence-corrected chi connectivity index (χ0v) is 23.2. The number of aryl methyl sites for hydroxylation is 1. The Labute approximate surface area is 233 Å². The summed E-state index contributed by atoms with van der Waals surface area (Å²) in [7, 11) is 1.59. The van der Waals surface area contributed by atoms with Crippen LogP contribution in [0.1, 0.15) is 23.1 Å². The van der Waals surface area contributed by atoms with Crippen molar-refractivity contribution < 1.29 is 19.1 Å². The van der Waals surface area contributed by atoms with Gasteiger partial charge in [-0.1, -0.05) is 54.2 Å². The maximum absolute atomic E-state index is 12.3. The van der Waals surface area contributed by atoms with Crippen LogP contribution in [-0.4, -0.2) is 35.6 Å². The van der Waals surface area contributed by atoms with Crippen LogP contribution in [-0.2, 0) is 16.2 Å². The van der Waals surface area contributed by atoms with E-state index in [-0.39, 0.29) is 18.2 Å². The molecule has 0 radical (unpaired) electrons. The van der Waals surface area contributed by atoms with E-state index in [0.29, 0.717) is 29.0 Å². The molecule has 0 aromatic heterocycles. The number of ether oxygens (including phenoxy) is 2. The van der Waals surface area contributed by atoms with Gasteiger partial charge in [0.15, 0.2) is 16.7 Å². The Hall–Kier alpha value is -3.38. The number of methoxy groups -OCH3 is 1. The van der Waals surface area contributed by atoms with Gasteiger partial charge in [0, 0.05) is 12.1 Å². The van der Waals surface area contributed by atoms with Crippen LogP contribution < -0.4 is 20.1 Å². The van der Waals surface area contributed by atoms with Gasteiger partial charge >= 0.3 is 0 Å². The summed E-state index contributed by atoms with van der Waals surface area (Å²) in [5.41, 5.74) is 3.72. The summed E-state index contributed by atoms with van der Waals surface area (Å²) in [4.78, 5) is 24.6. The number of carbonyl (C=O) groups is 2. The van der Waals surface area contributed by atoms with E-state index in [0.717, 1.165) is 20.3 Å². The number of amidine groups is 1. The van der Waals surface area contributed by atoms with Crippen LogP contribution in [0.2, 0.25) is 0 Å². The Kier molecular flexibility index (Phi) is 9.18. The lowest BCUT2D eigenvalue weighted by molar-refractivity contribution is -0.122. The molecule has 1 atom stereocenters. The molecule has 1 heterocycles. The second-order valence-electron chi connectivity index (χ2n) is 8.11. The Bertz CT molecular complexity index is 1350. The molecule has 37 heavy (non-hydrogen) atoms. The van der Waals surface area contributed by atoms with Crippen molar-refractivity contribution in [2.24, 2.45) is 10.2 Å². The second kappa shape index (κ2) is 12.7. The molecule has 1 unspecified atom stereocenters. The number of amides is 2. The molecule has 0 aliphatic carbocycles. The molecule has 3 aromatic carbocycles. The smallest absolute Gasteiger partial charge is 0.240 e. The first-order valence-electron chi connectivity index (χ1n) is 11.4. The SMILES string of the molecule is COc1cc(C=N/N=C2\NC(=O)C(CC(=O)Nc3ccccc3)S2)cc(I)c1OCc1ccccc1C. The van der Waals surface area contributed by atoms with Gasteiger partial charge in [-0.2, -0.15) is 5.10 Å². The average Bonchev–Trinajstić information content (AvgIpc) is 3.23. The highest BCUT2D eigenvalue weighted by molar-refractivity contribution is 14.1. The predicted molar refractivity (Wildman–Crippen MR) is 155 cm³/mol. The summed E-state index contributed by atoms with van der Waals surface area (Å²) in [5, 5.41) is 13.5. The number of carbonyl (C=O) groups excluding carboxylic acids is 2. The molecule has 0 saturated carbocycles. The Balaban J connectivity index is 1.37. The molecule has 0 bridgehead atoms. The van der Waals surface area contributed by atoms with E-state index in [1.165, 1.54) is 11.8 Å². The Morgan fingerprint density at radius 1 is 1.16 bits per heavy atom. The van der Waals surface area contributed by atoms with Gasteiger partial charge in [0.05, 0.1) is 16.9 Å². The van der Waals surface area contributed by atoms with Crippen LogP contribution in [0.25, 0.3) is 0 Å². The number of hydrogen-bond donors (Lipinski definition) is 2. The summed E-state index contributed by atoms with van der Waals surface area (Å²) in [6.07, 6.45) is 1.61. The number of hydrogen-bond acceptors (Lipinski definition) is 7. The van der Waals surface area contributed by atoms with Gasteiger partial charge in [-0.05, 0) is 70.5 Å². The van der Waals surface area contributed by atoms with Crippen LogP contribution in [0.3, 0.4) is 0 Å². The maximum Gasteiger partial charge on any atom is 0.240 e. The number of nitrogens with one attached hydrogen (secondary N) is 2. The quantitative estimate of drug-likeness (QED) is 0.194. The van der Waals surface area contributed by atoms with Crippen LogP contribution in [0, 0.1) is 10.5 Å². The summed E-state index contributed by atoms with van der Waals surface area (Å²) < 4.78 is 12.5. The second-order valence-corrected chi connectivity index (χ2v) is 10.5. The standard InChI is InChI=1S/C27H25IN4O4S/c1-17-8-6-7-9-19(17)16-36-25-21(28)12-18(13-22(25)35-2)15-29-32-27-31-26(34)23(37-27)14-24(33)30-20-10-4-3-5-11-20/h3-13,15,23H,14,16H2,1-2H3,(H,30,33)(H,31,32,34). The monoisotopic (exact) mass is 628 g/mol. The molecule has 1 saturated heterocycles. The van der Waals surface area contributed by atoms with Crippen molar-refractivity contribution in [1.82, 2.24) is 5.32 Å². The van der Waals surface area contributed by atoms with Gasteiger partial charge in [-0.25, -0.2) is 0 Å². The third-order valence-corrected chi connectivity index (χ3v) is 7.32. The van der Waals surface area contributed by atoms with Gasteiger partial charge in [-0.15, -0.1) is 5.10 Å². The number of rotatable bonds is 9. The largest absolute Gasteiger partial charge is 0.493 e. The zero-order chi connectivity index (χ0) is 26.2. The summed E-state index contributed by atoms with van der Waals surface area (Å²) in [5.74, 6) is 0.733. The normalized spacial score (nSPS) is 16.1. The zero-order valence-electron chi connectivity index (χ0n) is 20.2. The van der Waals surface area contributed by atoms with E-state index in [9.17, 15) is 9.59 Å². The third kappa shape index (κ3) is 7.32. The van der Waals surface area contributed by atoms with Crippen molar-refractivity contribution in [3.05, 3.63) is 87.0 Å². The topological polar surface area (TPSA) is 101 Å². The number of benzene rings is 3. The fraction of sp³-hybridized carbons (Fsp3) is 0.185. The Morgan fingerprint density at radius 2 is 1.92 bits per heavy atom. The minimum Gasteiger partial charge on any atom is -0.493 e. The van der Waals surface area contributed by atoms with E-state index >= 15 is 0 Å². The molecule has 3 aromatic rings. The van der Waals surface area contributed by atoms with E-state index in [2.05, 4.69) is 56.4 Å². The number of anilines is 1. The number of thioether (sulfide) groups is 1. The van der Waals surface area contributed by atoms with E-state index in [4.69, 9.17) is 9.47 Å². The van der Waals surface area contributed by atoms with Crippen molar-refractivity contribution >= 4 is 63.2 Å².